The lowest BCUT2D eigenvalue weighted by Crippen LogP contribution is -2.57. The molecule has 30 heavy (non-hydrogen) atoms. The molecule has 0 aromatic rings. The first kappa shape index (κ1) is 23.0. The second-order valence-electron chi connectivity index (χ2n) is 10.3. The molecule has 0 unspecified atom stereocenters. The van der Waals surface area contributed by atoms with Crippen molar-refractivity contribution in [2.75, 3.05) is 31.6 Å². The molecule has 0 spiro atoms. The topological polar surface area (TPSA) is 53.0 Å². The molecule has 3 aliphatic carbocycles. The third-order valence-corrected chi connectivity index (χ3v) is 8.56. The molecule has 4 aliphatic rings. The molecule has 1 aliphatic heterocycles. The maximum absolute atomic E-state index is 12.8. The van der Waals surface area contributed by atoms with Crippen LogP contribution >= 0.6 is 15.9 Å². The molecule has 1 saturated heterocycles. The molecule has 0 bridgehead atoms. The summed E-state index contributed by atoms with van der Waals surface area (Å²) < 4.78 is 5.94. The fraction of sp³-hybridized carbons (Fsp3) is 0.958. The summed E-state index contributed by atoms with van der Waals surface area (Å²) in [5, 5.41) is 10.9. The number of rotatable bonds is 8. The molecular weight excluding hydrogens is 444 g/mol. The lowest BCUT2D eigenvalue weighted by molar-refractivity contribution is -0.139. The van der Waals surface area contributed by atoms with Gasteiger partial charge in [-0.15, -0.1) is 0 Å². The van der Waals surface area contributed by atoms with Crippen molar-refractivity contribution in [3.05, 3.63) is 0 Å². The van der Waals surface area contributed by atoms with E-state index in [9.17, 15) is 9.90 Å². The van der Waals surface area contributed by atoms with Gasteiger partial charge in [0.15, 0.2) is 0 Å². The van der Waals surface area contributed by atoms with Crippen molar-refractivity contribution in [3.63, 3.8) is 0 Å². The van der Waals surface area contributed by atoms with Crippen LogP contribution in [-0.2, 0) is 9.53 Å². The van der Waals surface area contributed by atoms with Crippen LogP contribution < -0.4 is 0 Å². The van der Waals surface area contributed by atoms with Gasteiger partial charge in [0.1, 0.15) is 0 Å². The van der Waals surface area contributed by atoms with Crippen LogP contribution in [-0.4, -0.2) is 76.7 Å². The van der Waals surface area contributed by atoms with Crippen LogP contribution in [0.25, 0.3) is 0 Å². The quantitative estimate of drug-likeness (QED) is 0.529. The van der Waals surface area contributed by atoms with Gasteiger partial charge in [0.2, 0.25) is 5.91 Å². The van der Waals surface area contributed by atoms with Crippen LogP contribution in [0.15, 0.2) is 0 Å². The van der Waals surface area contributed by atoms with Gasteiger partial charge in [-0.25, -0.2) is 0 Å². The number of aliphatic hydroxyl groups is 1. The summed E-state index contributed by atoms with van der Waals surface area (Å²) in [6, 6.07) is 1.02. The van der Waals surface area contributed by atoms with Gasteiger partial charge in [-0.1, -0.05) is 28.8 Å². The second-order valence-corrected chi connectivity index (χ2v) is 10.8. The number of likely N-dealkylation sites (tertiary alicyclic amines) is 1. The Balaban J connectivity index is 1.23. The zero-order chi connectivity index (χ0) is 20.9. The van der Waals surface area contributed by atoms with Crippen LogP contribution in [0, 0.1) is 11.8 Å². The number of hydrogen-bond acceptors (Lipinski definition) is 4. The van der Waals surface area contributed by atoms with Gasteiger partial charge in [-0.2, -0.15) is 0 Å². The van der Waals surface area contributed by atoms with E-state index in [1.54, 1.807) is 0 Å². The number of carbonyl (C=O) groups excluding carboxylic acids is 1. The standard InChI is InChI=1S/C24H41BrN2O3/c25-15-24(29)27(22-3-1-2-4-23(22)28)21-11-13-26(14-12-21)20-9-7-19(8-10-20)17-30-16-18-5-6-18/h18-23,28H,1-17H2/t19-,20-,22-,23-/m1/s1. The second kappa shape index (κ2) is 11.1. The average Bonchev–Trinajstić information content (AvgIpc) is 3.60. The van der Waals surface area contributed by atoms with Gasteiger partial charge >= 0.3 is 0 Å². The van der Waals surface area contributed by atoms with E-state index >= 15 is 0 Å². The lowest BCUT2D eigenvalue weighted by Gasteiger charge is -2.47. The highest BCUT2D eigenvalue weighted by Crippen LogP contribution is 2.33. The first-order valence-electron chi connectivity index (χ1n) is 12.5. The Morgan fingerprint density at radius 3 is 2.07 bits per heavy atom. The third kappa shape index (κ3) is 5.99. The molecule has 6 heteroatoms. The van der Waals surface area contributed by atoms with Crippen molar-refractivity contribution >= 4 is 21.8 Å². The molecule has 2 atom stereocenters. The predicted molar refractivity (Wildman–Crippen MR) is 123 cm³/mol. The van der Waals surface area contributed by atoms with Crippen molar-refractivity contribution in [2.24, 2.45) is 11.8 Å². The molecule has 3 saturated carbocycles. The average molecular weight is 486 g/mol. The Morgan fingerprint density at radius 2 is 1.50 bits per heavy atom. The summed E-state index contributed by atoms with van der Waals surface area (Å²) in [6.07, 6.45) is 13.7. The lowest BCUT2D eigenvalue weighted by atomic mass is 9.84. The van der Waals surface area contributed by atoms with Gasteiger partial charge in [0.25, 0.3) is 0 Å². The summed E-state index contributed by atoms with van der Waals surface area (Å²) in [5.74, 6) is 1.79. The van der Waals surface area contributed by atoms with Crippen LogP contribution in [0.5, 0.6) is 0 Å². The van der Waals surface area contributed by atoms with Gasteiger partial charge in [0.05, 0.1) is 17.5 Å². The number of alkyl halides is 1. The fourth-order valence-corrected chi connectivity index (χ4v) is 6.33. The smallest absolute Gasteiger partial charge is 0.233 e. The molecule has 1 N–H and O–H groups in total. The minimum atomic E-state index is -0.350. The highest BCUT2D eigenvalue weighted by Gasteiger charge is 2.38. The van der Waals surface area contributed by atoms with Crippen molar-refractivity contribution < 1.29 is 14.6 Å². The van der Waals surface area contributed by atoms with Crippen molar-refractivity contribution in [2.45, 2.75) is 101 Å². The maximum atomic E-state index is 12.8. The highest BCUT2D eigenvalue weighted by atomic mass is 79.9. The van der Waals surface area contributed by atoms with Gasteiger partial charge in [0, 0.05) is 38.4 Å². The molecule has 4 fully saturated rings. The van der Waals surface area contributed by atoms with Crippen molar-refractivity contribution in [1.29, 1.82) is 0 Å². The number of carbonyl (C=O) groups is 1. The largest absolute Gasteiger partial charge is 0.391 e. The van der Waals surface area contributed by atoms with Crippen LogP contribution in [0.4, 0.5) is 0 Å². The van der Waals surface area contributed by atoms with E-state index in [0.29, 0.717) is 11.4 Å². The molecule has 1 amide bonds. The molecule has 0 radical (unpaired) electrons. The minimum absolute atomic E-state index is 0.0198. The van der Waals surface area contributed by atoms with E-state index in [2.05, 4.69) is 25.7 Å². The number of ether oxygens (including phenoxy) is 1. The van der Waals surface area contributed by atoms with Crippen molar-refractivity contribution in [1.82, 2.24) is 9.80 Å². The van der Waals surface area contributed by atoms with E-state index in [1.807, 2.05) is 0 Å². The number of halogens is 1. The Labute approximate surface area is 191 Å². The maximum Gasteiger partial charge on any atom is 0.233 e. The molecule has 0 aromatic carbocycles. The van der Waals surface area contributed by atoms with E-state index in [0.717, 1.165) is 76.7 Å². The van der Waals surface area contributed by atoms with E-state index in [4.69, 9.17) is 4.74 Å². The number of amides is 1. The fourth-order valence-electron chi connectivity index (χ4n) is 6.04. The number of hydrogen-bond donors (Lipinski definition) is 1. The van der Waals surface area contributed by atoms with Gasteiger partial charge < -0.3 is 19.6 Å². The van der Waals surface area contributed by atoms with Gasteiger partial charge in [-0.3, -0.25) is 4.79 Å². The van der Waals surface area contributed by atoms with Crippen LogP contribution in [0.3, 0.4) is 0 Å². The Morgan fingerprint density at radius 1 is 0.900 bits per heavy atom. The minimum Gasteiger partial charge on any atom is -0.391 e. The molecular formula is C24H41BrN2O3. The molecule has 5 nitrogen and oxygen atoms in total. The highest BCUT2D eigenvalue weighted by molar-refractivity contribution is 9.09. The molecule has 4 rings (SSSR count). The zero-order valence-corrected chi connectivity index (χ0v) is 20.1. The summed E-state index contributed by atoms with van der Waals surface area (Å²) in [6.45, 7) is 4.14. The molecule has 0 aromatic heterocycles. The van der Waals surface area contributed by atoms with E-state index in [1.165, 1.54) is 38.5 Å². The third-order valence-electron chi connectivity index (χ3n) is 8.08. The molecule has 172 valence electrons. The SMILES string of the molecule is O=C(CBr)N(C1CCN([C@H]2CC[C@H](COCC3CC3)CC2)CC1)[C@@H]1CCCC[C@H]1O. The summed E-state index contributed by atoms with van der Waals surface area (Å²) in [4.78, 5) is 17.5. The Hall–Kier alpha value is -0.170. The van der Waals surface area contributed by atoms with E-state index in [-0.39, 0.29) is 24.1 Å². The monoisotopic (exact) mass is 484 g/mol. The van der Waals surface area contributed by atoms with Crippen molar-refractivity contribution in [3.8, 4) is 0 Å². The Kier molecular flexibility index (Phi) is 8.52. The van der Waals surface area contributed by atoms with E-state index < -0.39 is 0 Å². The number of nitrogens with zero attached hydrogens (tertiary/aromatic N) is 2. The predicted octanol–water partition coefficient (Wildman–Crippen LogP) is 3.96. The summed E-state index contributed by atoms with van der Waals surface area (Å²) in [7, 11) is 0. The zero-order valence-electron chi connectivity index (χ0n) is 18.5. The first-order valence-corrected chi connectivity index (χ1v) is 13.6. The number of piperidine rings is 1. The Bertz CT molecular complexity index is 543. The first-order chi connectivity index (χ1) is 14.7. The van der Waals surface area contributed by atoms with Crippen LogP contribution in [0.1, 0.15) is 77.0 Å². The van der Waals surface area contributed by atoms with Gasteiger partial charge in [-0.05, 0) is 76.0 Å². The van der Waals surface area contributed by atoms with Crippen LogP contribution in [0.2, 0.25) is 0 Å². The molecule has 1 heterocycles. The summed E-state index contributed by atoms with van der Waals surface area (Å²) >= 11 is 3.38. The number of aliphatic hydroxyl groups excluding tert-OH is 1. The summed E-state index contributed by atoms with van der Waals surface area (Å²) in [5.41, 5.74) is 0. The normalized spacial score (nSPS) is 34.1.